The number of hydrogen-bond acceptors (Lipinski definition) is 5. The van der Waals surface area contributed by atoms with E-state index in [1.54, 1.807) is 18.2 Å². The van der Waals surface area contributed by atoms with Gasteiger partial charge < -0.3 is 4.42 Å². The van der Waals surface area contributed by atoms with E-state index >= 15 is 0 Å². The van der Waals surface area contributed by atoms with E-state index in [9.17, 15) is 13.2 Å². The summed E-state index contributed by atoms with van der Waals surface area (Å²) in [6.45, 7) is 0.591. The summed E-state index contributed by atoms with van der Waals surface area (Å²) in [7, 11) is -3.21. The van der Waals surface area contributed by atoms with Gasteiger partial charge >= 0.3 is 0 Å². The van der Waals surface area contributed by atoms with Crippen molar-refractivity contribution < 1.29 is 12.8 Å². The lowest BCUT2D eigenvalue weighted by Gasteiger charge is -2.06. The lowest BCUT2D eigenvalue weighted by atomic mass is 10.3. The number of rotatable bonds is 6. The van der Waals surface area contributed by atoms with Crippen LogP contribution in [0.3, 0.4) is 0 Å². The lowest BCUT2D eigenvalue weighted by molar-refractivity contribution is 0.530. The van der Waals surface area contributed by atoms with Crippen molar-refractivity contribution in [1.82, 2.24) is 14.5 Å². The van der Waals surface area contributed by atoms with Crippen LogP contribution >= 0.6 is 0 Å². The summed E-state index contributed by atoms with van der Waals surface area (Å²) in [4.78, 5) is 11.7. The number of furan rings is 1. The van der Waals surface area contributed by atoms with Gasteiger partial charge in [0.1, 0.15) is 5.69 Å². The van der Waals surface area contributed by atoms with Crippen molar-refractivity contribution in [2.45, 2.75) is 13.0 Å². The molecule has 2 aromatic heterocycles. The summed E-state index contributed by atoms with van der Waals surface area (Å²) in [5.74, 6) is 0.577. The van der Waals surface area contributed by atoms with E-state index in [1.807, 2.05) is 0 Å². The van der Waals surface area contributed by atoms with Gasteiger partial charge in [-0.25, -0.2) is 17.8 Å². The fourth-order valence-electron chi connectivity index (χ4n) is 1.65. The third-order valence-electron chi connectivity index (χ3n) is 2.55. The van der Waals surface area contributed by atoms with E-state index in [2.05, 4.69) is 9.82 Å². The molecule has 0 aliphatic carbocycles. The minimum atomic E-state index is -3.21. The maximum Gasteiger partial charge on any atom is 0.266 e. The third-order valence-corrected chi connectivity index (χ3v) is 3.28. The molecule has 0 saturated carbocycles. The molecule has 2 heterocycles. The molecule has 108 valence electrons. The van der Waals surface area contributed by atoms with Gasteiger partial charge in [-0.2, -0.15) is 5.10 Å². The van der Waals surface area contributed by atoms with Gasteiger partial charge in [0, 0.05) is 19.2 Å². The highest BCUT2D eigenvalue weighted by Gasteiger charge is 2.06. The molecule has 2 aromatic rings. The summed E-state index contributed by atoms with van der Waals surface area (Å²) in [5.41, 5.74) is 0.324. The zero-order chi connectivity index (χ0) is 14.6. The predicted octanol–water partition coefficient (Wildman–Crippen LogP) is 0.443. The van der Waals surface area contributed by atoms with E-state index in [4.69, 9.17) is 4.42 Å². The highest BCUT2D eigenvalue weighted by atomic mass is 32.2. The number of hydrogen-bond donors (Lipinski definition) is 1. The van der Waals surface area contributed by atoms with Gasteiger partial charge in [-0.15, -0.1) is 0 Å². The first-order chi connectivity index (χ1) is 9.46. The van der Waals surface area contributed by atoms with Crippen molar-refractivity contribution in [3.05, 3.63) is 40.9 Å². The molecule has 7 nitrogen and oxygen atoms in total. The van der Waals surface area contributed by atoms with Crippen LogP contribution in [0, 0.1) is 0 Å². The zero-order valence-electron chi connectivity index (χ0n) is 10.9. The van der Waals surface area contributed by atoms with Gasteiger partial charge in [0.25, 0.3) is 5.56 Å². The predicted molar refractivity (Wildman–Crippen MR) is 73.7 cm³/mol. The normalized spacial score (nSPS) is 11.7. The first-order valence-corrected chi connectivity index (χ1v) is 7.91. The third kappa shape index (κ3) is 4.04. The molecule has 1 N–H and O–H groups in total. The Balaban J connectivity index is 2.04. The molecule has 0 fully saturated rings. The van der Waals surface area contributed by atoms with Crippen molar-refractivity contribution in [1.29, 1.82) is 0 Å². The van der Waals surface area contributed by atoms with Gasteiger partial charge in [-0.1, -0.05) is 0 Å². The van der Waals surface area contributed by atoms with Crippen LogP contribution in [0.4, 0.5) is 0 Å². The Morgan fingerprint density at radius 3 is 2.80 bits per heavy atom. The Morgan fingerprint density at radius 1 is 1.35 bits per heavy atom. The first kappa shape index (κ1) is 14.5. The van der Waals surface area contributed by atoms with E-state index in [0.717, 1.165) is 6.26 Å². The standard InChI is InChI=1S/C12H15N3O4S/c1-20(17,18)13-7-3-8-15-12(16)6-5-10(14-15)11-4-2-9-19-11/h2,4-6,9,13H,3,7-8H2,1H3. The molecule has 0 unspecified atom stereocenters. The average molecular weight is 297 g/mol. The Bertz CT molecular complexity index is 719. The fraction of sp³-hybridized carbons (Fsp3) is 0.333. The minimum Gasteiger partial charge on any atom is -0.463 e. The van der Waals surface area contributed by atoms with E-state index in [1.165, 1.54) is 17.0 Å². The average Bonchev–Trinajstić information content (AvgIpc) is 2.89. The molecule has 8 heteroatoms. The molecular formula is C12H15N3O4S. The number of aryl methyl sites for hydroxylation is 1. The number of nitrogens with one attached hydrogen (secondary N) is 1. The first-order valence-electron chi connectivity index (χ1n) is 6.02. The largest absolute Gasteiger partial charge is 0.463 e. The molecule has 0 aromatic carbocycles. The minimum absolute atomic E-state index is 0.236. The number of sulfonamides is 1. The van der Waals surface area contributed by atoms with Crippen molar-refractivity contribution in [3.63, 3.8) is 0 Å². The molecule has 0 atom stereocenters. The van der Waals surface area contributed by atoms with Gasteiger partial charge in [-0.05, 0) is 24.6 Å². The zero-order valence-corrected chi connectivity index (χ0v) is 11.8. The Labute approximate surface area is 116 Å². The quantitative estimate of drug-likeness (QED) is 0.781. The van der Waals surface area contributed by atoms with Crippen LogP contribution in [0.2, 0.25) is 0 Å². The highest BCUT2D eigenvalue weighted by Crippen LogP contribution is 2.14. The molecule has 0 bridgehead atoms. The molecule has 20 heavy (non-hydrogen) atoms. The van der Waals surface area contributed by atoms with Crippen molar-refractivity contribution >= 4 is 10.0 Å². The maximum atomic E-state index is 11.7. The topological polar surface area (TPSA) is 94.2 Å². The Hall–Kier alpha value is -1.93. The van der Waals surface area contributed by atoms with E-state index in [0.29, 0.717) is 24.4 Å². The van der Waals surface area contributed by atoms with Gasteiger partial charge in [-0.3, -0.25) is 4.79 Å². The summed E-state index contributed by atoms with van der Waals surface area (Å²) in [6, 6.07) is 6.49. The molecule has 0 amide bonds. The molecule has 0 saturated heterocycles. The molecule has 0 radical (unpaired) electrons. The van der Waals surface area contributed by atoms with Crippen LogP contribution < -0.4 is 10.3 Å². The molecule has 0 aliphatic heterocycles. The van der Waals surface area contributed by atoms with Crippen LogP contribution in [0.5, 0.6) is 0 Å². The molecule has 0 aliphatic rings. The summed E-state index contributed by atoms with van der Waals surface area (Å²) in [6.07, 6.45) is 3.10. The molecule has 2 rings (SSSR count). The van der Waals surface area contributed by atoms with Crippen LogP contribution in [0.15, 0.2) is 39.7 Å². The monoisotopic (exact) mass is 297 g/mol. The summed E-state index contributed by atoms with van der Waals surface area (Å²) < 4.78 is 30.7. The summed E-state index contributed by atoms with van der Waals surface area (Å²) in [5, 5.41) is 4.18. The summed E-state index contributed by atoms with van der Waals surface area (Å²) >= 11 is 0. The lowest BCUT2D eigenvalue weighted by Crippen LogP contribution is -2.27. The highest BCUT2D eigenvalue weighted by molar-refractivity contribution is 7.88. The van der Waals surface area contributed by atoms with Crippen LogP contribution in [0.25, 0.3) is 11.5 Å². The van der Waals surface area contributed by atoms with Gasteiger partial charge in [0.15, 0.2) is 5.76 Å². The SMILES string of the molecule is CS(=O)(=O)NCCCn1nc(-c2ccco2)ccc1=O. The molecule has 0 spiro atoms. The number of nitrogens with zero attached hydrogens (tertiary/aromatic N) is 2. The van der Waals surface area contributed by atoms with Crippen molar-refractivity contribution in [3.8, 4) is 11.5 Å². The second-order valence-corrected chi connectivity index (χ2v) is 6.11. The van der Waals surface area contributed by atoms with Gasteiger partial charge in [0.2, 0.25) is 10.0 Å². The van der Waals surface area contributed by atoms with Crippen molar-refractivity contribution in [2.24, 2.45) is 0 Å². The van der Waals surface area contributed by atoms with Crippen LogP contribution in [-0.4, -0.2) is 31.0 Å². The second-order valence-electron chi connectivity index (χ2n) is 4.28. The maximum absolute atomic E-state index is 11.7. The Morgan fingerprint density at radius 2 is 2.15 bits per heavy atom. The van der Waals surface area contributed by atoms with Crippen LogP contribution in [0.1, 0.15) is 6.42 Å². The fourth-order valence-corrected chi connectivity index (χ4v) is 2.17. The Kier molecular flexibility index (Phi) is 4.35. The van der Waals surface area contributed by atoms with E-state index in [-0.39, 0.29) is 12.1 Å². The van der Waals surface area contributed by atoms with Crippen LogP contribution in [-0.2, 0) is 16.6 Å². The smallest absolute Gasteiger partial charge is 0.266 e. The van der Waals surface area contributed by atoms with Gasteiger partial charge in [0.05, 0.1) is 12.5 Å². The second kappa shape index (κ2) is 6.02. The molecular weight excluding hydrogens is 282 g/mol. The van der Waals surface area contributed by atoms with E-state index < -0.39 is 10.0 Å². The number of aromatic nitrogens is 2. The van der Waals surface area contributed by atoms with Crippen molar-refractivity contribution in [2.75, 3.05) is 12.8 Å².